The van der Waals surface area contributed by atoms with Gasteiger partial charge in [-0.15, -0.1) is 0 Å². The summed E-state index contributed by atoms with van der Waals surface area (Å²) in [6.45, 7) is 5.90. The van der Waals surface area contributed by atoms with Gasteiger partial charge in [-0.1, -0.05) is 57.2 Å². The third kappa shape index (κ3) is 3.35. The Balaban J connectivity index is 2.32. The van der Waals surface area contributed by atoms with Crippen molar-refractivity contribution >= 4 is 10.8 Å². The van der Waals surface area contributed by atoms with E-state index < -0.39 is 16.4 Å². The lowest BCUT2D eigenvalue weighted by Gasteiger charge is -2.25. The van der Waals surface area contributed by atoms with Crippen molar-refractivity contribution in [2.75, 3.05) is 0 Å². The van der Waals surface area contributed by atoms with Crippen molar-refractivity contribution in [1.82, 2.24) is 4.57 Å². The zero-order valence-corrected chi connectivity index (χ0v) is 15.8. The van der Waals surface area contributed by atoms with E-state index in [9.17, 15) is 14.1 Å². The molecule has 0 aliphatic carbocycles. The van der Waals surface area contributed by atoms with Gasteiger partial charge >= 0.3 is 0 Å². The van der Waals surface area contributed by atoms with Crippen LogP contribution in [0, 0.1) is 0 Å². The number of rotatable bonds is 3. The first kappa shape index (κ1) is 18.1. The second-order valence-corrected chi connectivity index (χ2v) is 8.47. The van der Waals surface area contributed by atoms with Gasteiger partial charge in [-0.05, 0) is 24.3 Å². The fraction of sp³-hybridized carbons (Fsp3) is 0.190. The van der Waals surface area contributed by atoms with Gasteiger partial charge in [-0.25, -0.2) is 4.21 Å². The summed E-state index contributed by atoms with van der Waals surface area (Å²) in [5.41, 5.74) is 0.469. The van der Waals surface area contributed by atoms with Crippen molar-refractivity contribution < 1.29 is 9.32 Å². The number of aromatic nitrogens is 1. The first-order chi connectivity index (χ1) is 12.3. The third-order valence-corrected chi connectivity index (χ3v) is 5.52. The minimum Gasteiger partial charge on any atom is -0.506 e. The lowest BCUT2D eigenvalue weighted by Crippen LogP contribution is -2.31. The molecule has 3 aromatic rings. The van der Waals surface area contributed by atoms with Crippen LogP contribution in [0.4, 0.5) is 0 Å². The molecule has 1 atom stereocenters. The highest BCUT2D eigenvalue weighted by Gasteiger charge is 2.26. The van der Waals surface area contributed by atoms with E-state index in [1.54, 1.807) is 30.3 Å². The van der Waals surface area contributed by atoms with Gasteiger partial charge in [0.15, 0.2) is 4.90 Å². The molecule has 0 amide bonds. The van der Waals surface area contributed by atoms with Crippen molar-refractivity contribution in [3.8, 4) is 11.4 Å². The Morgan fingerprint density at radius 3 is 2.00 bits per heavy atom. The van der Waals surface area contributed by atoms with Crippen LogP contribution in [0.1, 0.15) is 26.5 Å². The molecule has 1 N–H and O–H groups in total. The number of aromatic hydroxyl groups is 1. The smallest absolute Gasteiger partial charge is 0.275 e. The van der Waals surface area contributed by atoms with Crippen LogP contribution in [0.25, 0.3) is 5.69 Å². The number of pyridine rings is 1. The van der Waals surface area contributed by atoms with Gasteiger partial charge in [0, 0.05) is 27.8 Å². The summed E-state index contributed by atoms with van der Waals surface area (Å²) in [6.07, 6.45) is 0. The van der Waals surface area contributed by atoms with Crippen molar-refractivity contribution in [3.05, 3.63) is 82.8 Å². The lowest BCUT2D eigenvalue weighted by molar-refractivity contribution is 0.446. The molecule has 1 aromatic heterocycles. The summed E-state index contributed by atoms with van der Waals surface area (Å²) in [4.78, 5) is 13.7. The van der Waals surface area contributed by atoms with Crippen molar-refractivity contribution in [3.63, 3.8) is 0 Å². The Morgan fingerprint density at radius 2 is 1.46 bits per heavy atom. The van der Waals surface area contributed by atoms with Gasteiger partial charge in [0.05, 0.1) is 10.8 Å². The summed E-state index contributed by atoms with van der Waals surface area (Å²) in [7, 11) is -1.77. The topological polar surface area (TPSA) is 59.3 Å². The molecule has 5 heteroatoms. The van der Waals surface area contributed by atoms with Crippen LogP contribution < -0.4 is 5.56 Å². The molecule has 0 saturated carbocycles. The molecule has 0 bridgehead atoms. The Labute approximate surface area is 155 Å². The molecule has 0 spiro atoms. The summed E-state index contributed by atoms with van der Waals surface area (Å²) in [6, 6.07) is 19.4. The first-order valence-electron chi connectivity index (χ1n) is 8.32. The Morgan fingerprint density at radius 1 is 0.923 bits per heavy atom. The average molecular weight is 367 g/mol. The molecule has 0 fully saturated rings. The number of hydrogen-bond acceptors (Lipinski definition) is 3. The molecule has 134 valence electrons. The van der Waals surface area contributed by atoms with Crippen LogP contribution in [-0.2, 0) is 16.2 Å². The molecule has 26 heavy (non-hydrogen) atoms. The Bertz CT molecular complexity index is 1000. The molecular weight excluding hydrogens is 346 g/mol. The second kappa shape index (κ2) is 6.92. The van der Waals surface area contributed by atoms with Gasteiger partial charge in [0.1, 0.15) is 5.75 Å². The SMILES string of the molecule is CC(C)(C)c1cc(O)c(S(=O)c2ccccc2)c(=O)n1-c1ccccc1. The van der Waals surface area contributed by atoms with Gasteiger partial charge in [0.2, 0.25) is 0 Å². The summed E-state index contributed by atoms with van der Waals surface area (Å²) >= 11 is 0. The number of para-hydroxylation sites is 1. The normalized spacial score (nSPS) is 12.7. The monoisotopic (exact) mass is 367 g/mol. The summed E-state index contributed by atoms with van der Waals surface area (Å²) < 4.78 is 14.5. The number of hydrogen-bond donors (Lipinski definition) is 1. The molecule has 1 heterocycles. The van der Waals surface area contributed by atoms with Crippen LogP contribution in [-0.4, -0.2) is 13.9 Å². The van der Waals surface area contributed by atoms with E-state index in [4.69, 9.17) is 0 Å². The van der Waals surface area contributed by atoms with Gasteiger partial charge in [-0.2, -0.15) is 0 Å². The van der Waals surface area contributed by atoms with E-state index in [0.29, 0.717) is 16.3 Å². The lowest BCUT2D eigenvalue weighted by atomic mass is 9.90. The highest BCUT2D eigenvalue weighted by atomic mass is 32.2. The minimum atomic E-state index is -1.77. The molecule has 0 saturated heterocycles. The maximum atomic E-state index is 13.3. The van der Waals surface area contributed by atoms with Crippen LogP contribution in [0.5, 0.6) is 5.75 Å². The predicted molar refractivity (Wildman–Crippen MR) is 104 cm³/mol. The van der Waals surface area contributed by atoms with Crippen molar-refractivity contribution in [2.45, 2.75) is 36.0 Å². The van der Waals surface area contributed by atoms with Gasteiger partial charge in [0.25, 0.3) is 5.56 Å². The highest BCUT2D eigenvalue weighted by Crippen LogP contribution is 2.30. The van der Waals surface area contributed by atoms with Crippen LogP contribution >= 0.6 is 0 Å². The Hall–Kier alpha value is -2.66. The van der Waals surface area contributed by atoms with E-state index in [2.05, 4.69) is 0 Å². The molecule has 3 rings (SSSR count). The zero-order chi connectivity index (χ0) is 18.9. The Kier molecular flexibility index (Phi) is 4.83. The third-order valence-electron chi connectivity index (χ3n) is 4.07. The fourth-order valence-electron chi connectivity index (χ4n) is 2.80. The van der Waals surface area contributed by atoms with Crippen LogP contribution in [0.3, 0.4) is 0 Å². The molecule has 2 aromatic carbocycles. The molecule has 0 aliphatic rings. The number of benzene rings is 2. The molecule has 0 aliphatic heterocycles. The van der Waals surface area contributed by atoms with E-state index in [1.165, 1.54) is 4.57 Å². The first-order valence-corrected chi connectivity index (χ1v) is 9.47. The van der Waals surface area contributed by atoms with E-state index >= 15 is 0 Å². The molecule has 0 radical (unpaired) electrons. The second-order valence-electron chi connectivity index (χ2n) is 7.05. The van der Waals surface area contributed by atoms with Crippen molar-refractivity contribution in [1.29, 1.82) is 0 Å². The standard InChI is InChI=1S/C21H21NO3S/c1-21(2,3)18-14-17(23)19(26(25)16-12-8-5-9-13-16)20(24)22(18)15-10-6-4-7-11-15/h4-14,23H,1-3H3. The van der Waals surface area contributed by atoms with E-state index in [0.717, 1.165) is 0 Å². The maximum Gasteiger partial charge on any atom is 0.275 e. The van der Waals surface area contributed by atoms with E-state index in [1.807, 2.05) is 57.2 Å². The summed E-state index contributed by atoms with van der Waals surface area (Å²) in [5, 5.41) is 10.5. The maximum absolute atomic E-state index is 13.3. The summed E-state index contributed by atoms with van der Waals surface area (Å²) in [5.74, 6) is -0.241. The molecule has 4 nitrogen and oxygen atoms in total. The average Bonchev–Trinajstić information content (AvgIpc) is 2.62. The van der Waals surface area contributed by atoms with Crippen molar-refractivity contribution in [2.24, 2.45) is 0 Å². The fourth-order valence-corrected chi connectivity index (χ4v) is 3.94. The van der Waals surface area contributed by atoms with Crippen LogP contribution in [0.15, 0.2) is 81.3 Å². The van der Waals surface area contributed by atoms with Gasteiger partial charge in [-0.3, -0.25) is 9.36 Å². The highest BCUT2D eigenvalue weighted by molar-refractivity contribution is 7.85. The largest absolute Gasteiger partial charge is 0.506 e. The van der Waals surface area contributed by atoms with E-state index in [-0.39, 0.29) is 16.1 Å². The molecule has 1 unspecified atom stereocenters. The van der Waals surface area contributed by atoms with Gasteiger partial charge < -0.3 is 5.11 Å². The zero-order valence-electron chi connectivity index (χ0n) is 15.0. The minimum absolute atomic E-state index is 0.104. The molecular formula is C21H21NO3S. The quantitative estimate of drug-likeness (QED) is 0.761. The van der Waals surface area contributed by atoms with Crippen LogP contribution in [0.2, 0.25) is 0 Å². The number of nitrogens with zero attached hydrogens (tertiary/aromatic N) is 1. The predicted octanol–water partition coefficient (Wildman–Crippen LogP) is 4.01.